The second-order valence-corrected chi connectivity index (χ2v) is 25.8. The van der Waals surface area contributed by atoms with Crippen molar-refractivity contribution in [1.82, 2.24) is 19.6 Å². The highest BCUT2D eigenvalue weighted by atomic mass is 32.2. The minimum atomic E-state index is 0.728. The van der Waals surface area contributed by atoms with Crippen LogP contribution in [-0.4, -0.2) is 120 Å². The molecule has 0 amide bonds. The van der Waals surface area contributed by atoms with Gasteiger partial charge < -0.3 is 9.80 Å². The van der Waals surface area contributed by atoms with Crippen LogP contribution in [0.2, 0.25) is 0 Å². The number of piperazine rings is 1. The van der Waals surface area contributed by atoms with Crippen LogP contribution in [0.15, 0.2) is 0 Å². The average molecular weight is 1040 g/mol. The Morgan fingerprint density at radius 2 is 0.620 bits per heavy atom. The molecule has 71 heavy (non-hydrogen) atoms. The zero-order chi connectivity index (χ0) is 51.3. The SMILES string of the molecule is CCCCCCCCCCCCN(CCCCCCCCCCCC)CCSCCN1CC(CC)N(CCSCCN(CCCCCCCCCCCC)CC(C)CCCCCCCCCC)CC1CC. The van der Waals surface area contributed by atoms with Crippen molar-refractivity contribution in [3.05, 3.63) is 0 Å². The highest BCUT2D eigenvalue weighted by molar-refractivity contribution is 7.99. The van der Waals surface area contributed by atoms with Crippen LogP contribution >= 0.6 is 23.5 Å². The molecule has 4 nitrogen and oxygen atoms in total. The maximum Gasteiger partial charge on any atom is 0.0221 e. The van der Waals surface area contributed by atoms with Crippen molar-refractivity contribution >= 4 is 23.5 Å². The topological polar surface area (TPSA) is 13.0 Å². The predicted molar refractivity (Wildman–Crippen MR) is 331 cm³/mol. The van der Waals surface area contributed by atoms with E-state index in [4.69, 9.17) is 0 Å². The molecular formula is C65H134N4S2. The first kappa shape index (κ1) is 69.6. The summed E-state index contributed by atoms with van der Waals surface area (Å²) in [7, 11) is 0. The van der Waals surface area contributed by atoms with Gasteiger partial charge in [-0.05, 0) is 64.1 Å². The van der Waals surface area contributed by atoms with Gasteiger partial charge in [0, 0.05) is 80.9 Å². The van der Waals surface area contributed by atoms with E-state index < -0.39 is 0 Å². The maximum atomic E-state index is 2.91. The third kappa shape index (κ3) is 44.2. The van der Waals surface area contributed by atoms with Crippen LogP contribution in [-0.2, 0) is 0 Å². The second kappa shape index (κ2) is 55.3. The first-order valence-electron chi connectivity index (χ1n) is 33.1. The summed E-state index contributed by atoms with van der Waals surface area (Å²) in [6.45, 7) is 29.8. The maximum absolute atomic E-state index is 2.91. The molecule has 3 atom stereocenters. The Balaban J connectivity index is 2.51. The zero-order valence-electron chi connectivity index (χ0n) is 50.2. The van der Waals surface area contributed by atoms with E-state index in [-0.39, 0.29) is 0 Å². The van der Waals surface area contributed by atoms with E-state index in [2.05, 4.69) is 91.6 Å². The lowest BCUT2D eigenvalue weighted by atomic mass is 10.0. The van der Waals surface area contributed by atoms with Crippen LogP contribution in [0.1, 0.15) is 312 Å². The number of nitrogens with zero attached hydrogens (tertiary/aromatic N) is 4. The van der Waals surface area contributed by atoms with Gasteiger partial charge in [0.05, 0.1) is 0 Å². The van der Waals surface area contributed by atoms with Gasteiger partial charge in [0.25, 0.3) is 0 Å². The van der Waals surface area contributed by atoms with Crippen molar-refractivity contribution in [3.8, 4) is 0 Å². The van der Waals surface area contributed by atoms with Crippen molar-refractivity contribution in [2.24, 2.45) is 5.92 Å². The van der Waals surface area contributed by atoms with Gasteiger partial charge in [0.15, 0.2) is 0 Å². The highest BCUT2D eigenvalue weighted by Gasteiger charge is 2.31. The summed E-state index contributed by atoms with van der Waals surface area (Å²) in [6.07, 6.45) is 58.7. The molecule has 1 aliphatic heterocycles. The first-order valence-corrected chi connectivity index (χ1v) is 35.4. The van der Waals surface area contributed by atoms with E-state index in [1.165, 1.54) is 352 Å². The smallest absolute Gasteiger partial charge is 0.0221 e. The molecule has 0 aromatic rings. The molecule has 0 aromatic carbocycles. The second-order valence-electron chi connectivity index (χ2n) is 23.4. The summed E-state index contributed by atoms with van der Waals surface area (Å²) in [6, 6.07) is 1.46. The zero-order valence-corrected chi connectivity index (χ0v) is 51.9. The number of hydrogen-bond acceptors (Lipinski definition) is 6. The van der Waals surface area contributed by atoms with Crippen molar-refractivity contribution in [3.63, 3.8) is 0 Å². The van der Waals surface area contributed by atoms with Gasteiger partial charge >= 0.3 is 0 Å². The summed E-state index contributed by atoms with van der Waals surface area (Å²) in [5.41, 5.74) is 0. The standard InChI is InChI=1S/C65H134N4S2/c1-8-14-18-22-26-30-33-37-41-45-49-66(50-46-42-38-34-31-27-23-19-15-9-2)52-56-70-58-54-68-61-65(13-6)69(62-64(68)12-5)55-59-71-57-53-67(51-47-43-39-35-32-28-24-20-16-10-3)60-63(7)48-44-40-36-29-25-21-17-11-4/h63-65H,8-62H2,1-7H3. The molecule has 1 fully saturated rings. The molecule has 0 spiro atoms. The van der Waals surface area contributed by atoms with Crippen LogP contribution < -0.4 is 0 Å². The van der Waals surface area contributed by atoms with Crippen LogP contribution in [0.5, 0.6) is 0 Å². The van der Waals surface area contributed by atoms with Crippen LogP contribution in [0, 0.1) is 5.92 Å². The molecule has 1 saturated heterocycles. The number of unbranched alkanes of at least 4 members (excludes halogenated alkanes) is 34. The minimum absolute atomic E-state index is 0.728. The molecule has 6 heteroatoms. The predicted octanol–water partition coefficient (Wildman–Crippen LogP) is 20.2. The Labute approximate surface area is 458 Å². The fraction of sp³-hybridized carbons (Fsp3) is 1.00. The Kier molecular flexibility index (Phi) is 54.2. The Bertz CT molecular complexity index is 992. The summed E-state index contributed by atoms with van der Waals surface area (Å²) >= 11 is 4.51. The van der Waals surface area contributed by atoms with Crippen molar-refractivity contribution in [1.29, 1.82) is 0 Å². The molecule has 1 rings (SSSR count). The summed E-state index contributed by atoms with van der Waals surface area (Å²) in [5, 5.41) is 0. The normalized spacial score (nSPS) is 16.4. The molecule has 0 bridgehead atoms. The van der Waals surface area contributed by atoms with Gasteiger partial charge in [-0.1, -0.05) is 273 Å². The number of hydrogen-bond donors (Lipinski definition) is 0. The third-order valence-electron chi connectivity index (χ3n) is 16.6. The fourth-order valence-electron chi connectivity index (χ4n) is 11.6. The lowest BCUT2D eigenvalue weighted by molar-refractivity contribution is 0.0328. The minimum Gasteiger partial charge on any atom is -0.303 e. The lowest BCUT2D eigenvalue weighted by Gasteiger charge is -2.46. The summed E-state index contributed by atoms with van der Waals surface area (Å²) in [4.78, 5) is 11.6. The molecule has 426 valence electrons. The number of rotatable bonds is 58. The van der Waals surface area contributed by atoms with Gasteiger partial charge in [-0.25, -0.2) is 0 Å². The Hall–Kier alpha value is 0.540. The van der Waals surface area contributed by atoms with Crippen LogP contribution in [0.3, 0.4) is 0 Å². The molecule has 0 saturated carbocycles. The van der Waals surface area contributed by atoms with E-state index in [1.54, 1.807) is 0 Å². The highest BCUT2D eigenvalue weighted by Crippen LogP contribution is 2.23. The third-order valence-corrected chi connectivity index (χ3v) is 18.5. The largest absolute Gasteiger partial charge is 0.303 e. The monoisotopic (exact) mass is 1040 g/mol. The quantitative estimate of drug-likeness (QED) is 0.0559. The molecular weight excluding hydrogens is 901 g/mol. The van der Waals surface area contributed by atoms with Crippen LogP contribution in [0.25, 0.3) is 0 Å². The Morgan fingerprint density at radius 3 is 0.944 bits per heavy atom. The van der Waals surface area contributed by atoms with Crippen molar-refractivity contribution in [2.75, 3.05) is 88.5 Å². The van der Waals surface area contributed by atoms with E-state index in [0.717, 1.165) is 18.0 Å². The lowest BCUT2D eigenvalue weighted by Crippen LogP contribution is -2.58. The van der Waals surface area contributed by atoms with E-state index >= 15 is 0 Å². The van der Waals surface area contributed by atoms with Gasteiger partial charge in [-0.2, -0.15) is 23.5 Å². The van der Waals surface area contributed by atoms with Gasteiger partial charge in [-0.15, -0.1) is 0 Å². The summed E-state index contributed by atoms with van der Waals surface area (Å²) in [5.74, 6) is 6.07. The Morgan fingerprint density at radius 1 is 0.338 bits per heavy atom. The molecule has 0 aromatic heterocycles. The number of thioether (sulfide) groups is 2. The molecule has 0 aliphatic carbocycles. The van der Waals surface area contributed by atoms with E-state index in [0.29, 0.717) is 0 Å². The molecule has 0 N–H and O–H groups in total. The summed E-state index contributed by atoms with van der Waals surface area (Å²) < 4.78 is 0. The van der Waals surface area contributed by atoms with Crippen molar-refractivity contribution in [2.45, 2.75) is 324 Å². The van der Waals surface area contributed by atoms with E-state index in [1.807, 2.05) is 0 Å². The van der Waals surface area contributed by atoms with Crippen LogP contribution in [0.4, 0.5) is 0 Å². The fourth-order valence-corrected chi connectivity index (χ4v) is 13.5. The molecule has 1 aliphatic rings. The van der Waals surface area contributed by atoms with E-state index in [9.17, 15) is 0 Å². The molecule has 3 unspecified atom stereocenters. The molecule has 0 radical (unpaired) electrons. The van der Waals surface area contributed by atoms with Gasteiger partial charge in [0.1, 0.15) is 0 Å². The van der Waals surface area contributed by atoms with Gasteiger partial charge in [-0.3, -0.25) is 9.80 Å². The first-order chi connectivity index (χ1) is 35.0. The van der Waals surface area contributed by atoms with Gasteiger partial charge in [0.2, 0.25) is 0 Å². The molecule has 1 heterocycles. The average Bonchev–Trinajstić information content (AvgIpc) is 3.38. The van der Waals surface area contributed by atoms with Crippen molar-refractivity contribution < 1.29 is 0 Å².